The Morgan fingerprint density at radius 3 is 2.41 bits per heavy atom. The van der Waals surface area contributed by atoms with E-state index in [2.05, 4.69) is 47.2 Å². The topological polar surface area (TPSA) is 37.0 Å². The summed E-state index contributed by atoms with van der Waals surface area (Å²) in [5.74, 6) is 1.35. The first-order valence-electron chi connectivity index (χ1n) is 9.12. The van der Waals surface area contributed by atoms with E-state index in [0.29, 0.717) is 16.6 Å². The van der Waals surface area contributed by atoms with Gasteiger partial charge in [0.1, 0.15) is 0 Å². The van der Waals surface area contributed by atoms with Crippen molar-refractivity contribution in [3.05, 3.63) is 47.5 Å². The molecule has 0 amide bonds. The van der Waals surface area contributed by atoms with Gasteiger partial charge in [-0.25, -0.2) is 0 Å². The first kappa shape index (κ1) is 19.3. The van der Waals surface area contributed by atoms with E-state index in [0.717, 1.165) is 31.9 Å². The van der Waals surface area contributed by atoms with Crippen molar-refractivity contribution in [1.82, 2.24) is 4.90 Å². The zero-order valence-corrected chi connectivity index (χ0v) is 17.2. The molecule has 0 aliphatic carbocycles. The highest BCUT2D eigenvalue weighted by atomic mass is 32.1. The molecule has 1 saturated heterocycles. The number of aryl methyl sites for hydroxylation is 2. The van der Waals surface area contributed by atoms with E-state index < -0.39 is 0 Å². The van der Waals surface area contributed by atoms with Crippen LogP contribution in [0.5, 0.6) is 11.5 Å². The van der Waals surface area contributed by atoms with Crippen LogP contribution in [0.15, 0.2) is 36.4 Å². The molecule has 0 atom stereocenters. The van der Waals surface area contributed by atoms with Gasteiger partial charge in [-0.1, -0.05) is 18.2 Å². The molecule has 5 nitrogen and oxygen atoms in total. The number of anilines is 2. The molecule has 1 aliphatic rings. The largest absolute Gasteiger partial charge is 0.493 e. The number of thiocarbonyl (C=S) groups is 1. The quantitative estimate of drug-likeness (QED) is 0.806. The van der Waals surface area contributed by atoms with Crippen molar-refractivity contribution in [2.24, 2.45) is 0 Å². The number of hydrogen-bond donors (Lipinski definition) is 1. The molecule has 3 rings (SSSR count). The second-order valence-electron chi connectivity index (χ2n) is 6.74. The predicted molar refractivity (Wildman–Crippen MR) is 115 cm³/mol. The number of methoxy groups -OCH3 is 2. The Balaban J connectivity index is 1.65. The van der Waals surface area contributed by atoms with Gasteiger partial charge in [0, 0.05) is 31.9 Å². The van der Waals surface area contributed by atoms with Crippen LogP contribution in [-0.4, -0.2) is 50.4 Å². The lowest BCUT2D eigenvalue weighted by Crippen LogP contribution is -2.50. The van der Waals surface area contributed by atoms with E-state index in [1.807, 2.05) is 18.2 Å². The number of nitrogens with one attached hydrogen (secondary N) is 1. The molecule has 0 spiro atoms. The summed E-state index contributed by atoms with van der Waals surface area (Å²) in [6.07, 6.45) is 0. The normalized spacial score (nSPS) is 14.1. The molecule has 2 aromatic rings. The van der Waals surface area contributed by atoms with Crippen LogP contribution in [-0.2, 0) is 0 Å². The molecule has 1 N–H and O–H groups in total. The highest BCUT2D eigenvalue weighted by Gasteiger charge is 2.21. The van der Waals surface area contributed by atoms with Crippen molar-refractivity contribution >= 4 is 28.7 Å². The third-order valence-electron chi connectivity index (χ3n) is 4.92. The van der Waals surface area contributed by atoms with Crippen LogP contribution in [0.25, 0.3) is 0 Å². The summed E-state index contributed by atoms with van der Waals surface area (Å²) in [7, 11) is 3.27. The maximum absolute atomic E-state index is 5.64. The van der Waals surface area contributed by atoms with Gasteiger partial charge in [0.05, 0.1) is 19.9 Å². The van der Waals surface area contributed by atoms with Crippen molar-refractivity contribution in [2.45, 2.75) is 13.8 Å². The van der Waals surface area contributed by atoms with Gasteiger partial charge in [-0.2, -0.15) is 0 Å². The lowest BCUT2D eigenvalue weighted by atomic mass is 10.1. The van der Waals surface area contributed by atoms with Gasteiger partial charge in [0.15, 0.2) is 16.6 Å². The van der Waals surface area contributed by atoms with Crippen molar-refractivity contribution in [3.63, 3.8) is 0 Å². The summed E-state index contributed by atoms with van der Waals surface area (Å²) in [6, 6.07) is 12.4. The highest BCUT2D eigenvalue weighted by molar-refractivity contribution is 7.80. The molecular formula is C21H27N3O2S. The Hall–Kier alpha value is -2.47. The number of nitrogens with zero attached hydrogens (tertiary/aromatic N) is 2. The minimum atomic E-state index is 0.663. The van der Waals surface area contributed by atoms with E-state index in [4.69, 9.17) is 21.7 Å². The number of para-hydroxylation sites is 1. The van der Waals surface area contributed by atoms with Gasteiger partial charge in [0.25, 0.3) is 0 Å². The summed E-state index contributed by atoms with van der Waals surface area (Å²) >= 11 is 5.64. The van der Waals surface area contributed by atoms with Crippen LogP contribution in [0, 0.1) is 13.8 Å². The average Bonchev–Trinajstić information content (AvgIpc) is 2.69. The standard InChI is InChI=1S/C21H27N3O2S/c1-15-8-9-16(2)18(14-15)23-10-12-24(13-11-23)21(27)22-17-6-5-7-19(25-3)20(17)26-4/h5-9,14H,10-13H2,1-4H3,(H,22,27). The molecular weight excluding hydrogens is 358 g/mol. The minimum absolute atomic E-state index is 0.663. The Morgan fingerprint density at radius 1 is 1.00 bits per heavy atom. The lowest BCUT2D eigenvalue weighted by molar-refractivity contribution is 0.356. The summed E-state index contributed by atoms with van der Waals surface area (Å²) in [6.45, 7) is 7.96. The van der Waals surface area contributed by atoms with Crippen LogP contribution in [0.4, 0.5) is 11.4 Å². The Labute approximate surface area is 166 Å². The average molecular weight is 386 g/mol. The molecule has 1 heterocycles. The van der Waals surface area contributed by atoms with Crippen LogP contribution in [0.1, 0.15) is 11.1 Å². The first-order valence-corrected chi connectivity index (χ1v) is 9.53. The number of hydrogen-bond acceptors (Lipinski definition) is 4. The molecule has 1 aliphatic heterocycles. The van der Waals surface area contributed by atoms with E-state index in [1.54, 1.807) is 14.2 Å². The van der Waals surface area contributed by atoms with Crippen LogP contribution >= 0.6 is 12.2 Å². The Morgan fingerprint density at radius 2 is 1.74 bits per heavy atom. The predicted octanol–water partition coefficient (Wildman–Crippen LogP) is 3.84. The molecule has 6 heteroatoms. The summed E-state index contributed by atoms with van der Waals surface area (Å²) in [5.41, 5.74) is 4.75. The van der Waals surface area contributed by atoms with Crippen LogP contribution in [0.2, 0.25) is 0 Å². The fourth-order valence-electron chi connectivity index (χ4n) is 3.39. The Kier molecular flexibility index (Phi) is 6.06. The summed E-state index contributed by atoms with van der Waals surface area (Å²) < 4.78 is 10.8. The van der Waals surface area contributed by atoms with Crippen molar-refractivity contribution in [2.75, 3.05) is 50.6 Å². The maximum atomic E-state index is 5.64. The van der Waals surface area contributed by atoms with Crippen LogP contribution in [0.3, 0.4) is 0 Å². The SMILES string of the molecule is COc1cccc(NC(=S)N2CCN(c3cc(C)ccc3C)CC2)c1OC. The fourth-order valence-corrected chi connectivity index (χ4v) is 3.68. The molecule has 0 unspecified atom stereocenters. The minimum Gasteiger partial charge on any atom is -0.493 e. The maximum Gasteiger partial charge on any atom is 0.184 e. The molecule has 2 aromatic carbocycles. The molecule has 144 valence electrons. The first-order chi connectivity index (χ1) is 13.0. The third-order valence-corrected chi connectivity index (χ3v) is 5.28. The van der Waals surface area contributed by atoms with Gasteiger partial charge < -0.3 is 24.6 Å². The third kappa shape index (κ3) is 4.27. The molecule has 27 heavy (non-hydrogen) atoms. The number of piperazine rings is 1. The number of ether oxygens (including phenoxy) is 2. The smallest absolute Gasteiger partial charge is 0.184 e. The van der Waals surface area contributed by atoms with Crippen molar-refractivity contribution in [3.8, 4) is 11.5 Å². The Bertz CT molecular complexity index is 817. The number of benzene rings is 2. The zero-order chi connectivity index (χ0) is 19.4. The van der Waals surface area contributed by atoms with E-state index >= 15 is 0 Å². The van der Waals surface area contributed by atoms with Gasteiger partial charge in [0.2, 0.25) is 0 Å². The van der Waals surface area contributed by atoms with Crippen molar-refractivity contribution in [1.29, 1.82) is 0 Å². The second kappa shape index (κ2) is 8.48. The lowest BCUT2D eigenvalue weighted by Gasteiger charge is -2.38. The van der Waals surface area contributed by atoms with E-state index in [9.17, 15) is 0 Å². The van der Waals surface area contributed by atoms with Crippen molar-refractivity contribution < 1.29 is 9.47 Å². The zero-order valence-electron chi connectivity index (χ0n) is 16.4. The molecule has 0 radical (unpaired) electrons. The molecule has 0 bridgehead atoms. The number of rotatable bonds is 4. The van der Waals surface area contributed by atoms with Gasteiger partial charge in [-0.05, 0) is 55.4 Å². The molecule has 0 saturated carbocycles. The fraction of sp³-hybridized carbons (Fsp3) is 0.381. The van der Waals surface area contributed by atoms with Gasteiger partial charge in [-0.3, -0.25) is 0 Å². The summed E-state index contributed by atoms with van der Waals surface area (Å²) in [5, 5.41) is 4.03. The molecule has 1 fully saturated rings. The van der Waals surface area contributed by atoms with Gasteiger partial charge >= 0.3 is 0 Å². The monoisotopic (exact) mass is 385 g/mol. The van der Waals surface area contributed by atoms with Crippen LogP contribution < -0.4 is 19.7 Å². The van der Waals surface area contributed by atoms with E-state index in [1.165, 1.54) is 16.8 Å². The second-order valence-corrected chi connectivity index (χ2v) is 7.12. The molecule has 0 aromatic heterocycles. The van der Waals surface area contributed by atoms with Gasteiger partial charge in [-0.15, -0.1) is 0 Å². The highest BCUT2D eigenvalue weighted by Crippen LogP contribution is 2.35. The summed E-state index contributed by atoms with van der Waals surface area (Å²) in [4.78, 5) is 4.64. The van der Waals surface area contributed by atoms with E-state index in [-0.39, 0.29) is 0 Å².